The molecule has 0 fully saturated rings. The van der Waals surface area contributed by atoms with Crippen LogP contribution >= 0.6 is 0 Å². The molecule has 4 N–H and O–H groups in total. The lowest BCUT2D eigenvalue weighted by atomic mass is 10.2. The number of aromatic nitrogens is 1. The Bertz CT molecular complexity index is 1120. The van der Waals surface area contributed by atoms with Crippen molar-refractivity contribution in [3.63, 3.8) is 0 Å². The van der Waals surface area contributed by atoms with Crippen molar-refractivity contribution in [2.24, 2.45) is 5.73 Å². The van der Waals surface area contributed by atoms with Crippen LogP contribution in [-0.4, -0.2) is 35.9 Å². The first kappa shape index (κ1) is 23.4. The molecule has 9 nitrogen and oxygen atoms in total. The van der Waals surface area contributed by atoms with Crippen molar-refractivity contribution >= 4 is 23.4 Å². The SMILES string of the molecule is CCOc1ccc(NC(=O)c2cnc(C(=O)NC(=O)CN)c(OCc3ccccc3)c2)cc1. The number of pyridine rings is 1. The highest BCUT2D eigenvalue weighted by Crippen LogP contribution is 2.22. The molecule has 3 aromatic rings. The number of nitrogens with one attached hydrogen (secondary N) is 2. The van der Waals surface area contributed by atoms with Gasteiger partial charge in [0.25, 0.3) is 11.8 Å². The summed E-state index contributed by atoms with van der Waals surface area (Å²) in [5.41, 5.74) is 6.71. The van der Waals surface area contributed by atoms with E-state index in [2.05, 4.69) is 15.6 Å². The second-order valence-electron chi connectivity index (χ2n) is 6.84. The lowest BCUT2D eigenvalue weighted by molar-refractivity contribution is -0.118. The zero-order valence-corrected chi connectivity index (χ0v) is 18.0. The molecular formula is C24H24N4O5. The average molecular weight is 448 g/mol. The molecule has 170 valence electrons. The molecule has 1 heterocycles. The molecule has 0 aliphatic rings. The van der Waals surface area contributed by atoms with Gasteiger partial charge in [0.1, 0.15) is 12.4 Å². The van der Waals surface area contributed by atoms with Gasteiger partial charge in [-0.1, -0.05) is 30.3 Å². The van der Waals surface area contributed by atoms with Crippen LogP contribution in [0.4, 0.5) is 5.69 Å². The van der Waals surface area contributed by atoms with Crippen LogP contribution in [-0.2, 0) is 11.4 Å². The standard InChI is InChI=1S/C24H24N4O5/c1-2-32-19-10-8-18(9-11-19)27-23(30)17-12-20(33-15-16-6-4-3-5-7-16)22(26-14-17)24(31)28-21(29)13-25/h3-12,14H,2,13,15,25H2,1H3,(H,27,30)(H,28,29,31). The van der Waals surface area contributed by atoms with E-state index in [0.717, 1.165) is 5.56 Å². The third-order valence-corrected chi connectivity index (χ3v) is 4.43. The first-order valence-corrected chi connectivity index (χ1v) is 10.3. The van der Waals surface area contributed by atoms with Gasteiger partial charge >= 0.3 is 0 Å². The summed E-state index contributed by atoms with van der Waals surface area (Å²) in [7, 11) is 0. The normalized spacial score (nSPS) is 10.2. The van der Waals surface area contributed by atoms with E-state index < -0.39 is 17.7 Å². The number of carbonyl (C=O) groups excluding carboxylic acids is 3. The van der Waals surface area contributed by atoms with E-state index in [1.165, 1.54) is 12.3 Å². The van der Waals surface area contributed by atoms with Crippen molar-refractivity contribution in [3.8, 4) is 11.5 Å². The number of carbonyl (C=O) groups is 3. The van der Waals surface area contributed by atoms with Crippen LogP contribution in [0.3, 0.4) is 0 Å². The van der Waals surface area contributed by atoms with Crippen LogP contribution in [0.2, 0.25) is 0 Å². The monoisotopic (exact) mass is 448 g/mol. The Morgan fingerprint density at radius 2 is 1.70 bits per heavy atom. The molecule has 0 unspecified atom stereocenters. The molecule has 0 atom stereocenters. The van der Waals surface area contributed by atoms with Gasteiger partial charge in [-0.05, 0) is 42.8 Å². The van der Waals surface area contributed by atoms with Gasteiger partial charge in [0.05, 0.1) is 18.7 Å². The Morgan fingerprint density at radius 1 is 0.970 bits per heavy atom. The van der Waals surface area contributed by atoms with Crippen molar-refractivity contribution in [1.82, 2.24) is 10.3 Å². The molecule has 0 aliphatic heterocycles. The van der Waals surface area contributed by atoms with Gasteiger partial charge in [0, 0.05) is 11.9 Å². The lowest BCUT2D eigenvalue weighted by Crippen LogP contribution is -2.36. The fraction of sp³-hybridized carbons (Fsp3) is 0.167. The summed E-state index contributed by atoms with van der Waals surface area (Å²) in [6, 6.07) is 17.6. The van der Waals surface area contributed by atoms with Crippen molar-refractivity contribution in [1.29, 1.82) is 0 Å². The summed E-state index contributed by atoms with van der Waals surface area (Å²) >= 11 is 0. The van der Waals surface area contributed by atoms with E-state index in [1.54, 1.807) is 24.3 Å². The van der Waals surface area contributed by atoms with Crippen LogP contribution in [0, 0.1) is 0 Å². The van der Waals surface area contributed by atoms with E-state index in [1.807, 2.05) is 37.3 Å². The number of hydrogen-bond acceptors (Lipinski definition) is 7. The zero-order chi connectivity index (χ0) is 23.6. The Hall–Kier alpha value is -4.24. The molecule has 3 rings (SSSR count). The lowest BCUT2D eigenvalue weighted by Gasteiger charge is -2.13. The summed E-state index contributed by atoms with van der Waals surface area (Å²) < 4.78 is 11.2. The van der Waals surface area contributed by atoms with Gasteiger partial charge in [-0.25, -0.2) is 4.98 Å². The predicted octanol–water partition coefficient (Wildman–Crippen LogP) is 2.53. The number of ether oxygens (including phenoxy) is 2. The average Bonchev–Trinajstić information content (AvgIpc) is 2.84. The highest BCUT2D eigenvalue weighted by atomic mass is 16.5. The number of rotatable bonds is 9. The Labute approximate surface area is 190 Å². The van der Waals surface area contributed by atoms with Crippen LogP contribution in [0.1, 0.15) is 33.3 Å². The minimum absolute atomic E-state index is 0.0560. The van der Waals surface area contributed by atoms with Gasteiger partial charge < -0.3 is 20.5 Å². The molecular weight excluding hydrogens is 424 g/mol. The van der Waals surface area contributed by atoms with Crippen LogP contribution in [0.25, 0.3) is 0 Å². The molecule has 1 aromatic heterocycles. The predicted molar refractivity (Wildman–Crippen MR) is 122 cm³/mol. The Balaban J connectivity index is 1.81. The highest BCUT2D eigenvalue weighted by molar-refractivity contribution is 6.07. The second-order valence-corrected chi connectivity index (χ2v) is 6.84. The topological polar surface area (TPSA) is 133 Å². The number of nitrogens with two attached hydrogens (primary N) is 1. The van der Waals surface area contributed by atoms with Gasteiger partial charge in [-0.15, -0.1) is 0 Å². The van der Waals surface area contributed by atoms with Crippen molar-refractivity contribution in [2.45, 2.75) is 13.5 Å². The maximum atomic E-state index is 12.7. The van der Waals surface area contributed by atoms with Crippen molar-refractivity contribution in [2.75, 3.05) is 18.5 Å². The number of nitrogens with zero attached hydrogens (tertiary/aromatic N) is 1. The summed E-state index contributed by atoms with van der Waals surface area (Å²) in [6.45, 7) is 2.21. The molecule has 0 bridgehead atoms. The summed E-state index contributed by atoms with van der Waals surface area (Å²) in [5.74, 6) is -1.13. The Kier molecular flexibility index (Phi) is 8.09. The van der Waals surface area contributed by atoms with Gasteiger partial charge in [-0.3, -0.25) is 19.7 Å². The second kappa shape index (κ2) is 11.4. The third-order valence-electron chi connectivity index (χ3n) is 4.43. The number of imide groups is 1. The third kappa shape index (κ3) is 6.62. The molecule has 0 saturated carbocycles. The van der Waals surface area contributed by atoms with Crippen LogP contribution in [0.15, 0.2) is 66.9 Å². The molecule has 3 amide bonds. The number of anilines is 1. The molecule has 2 aromatic carbocycles. The first-order valence-electron chi connectivity index (χ1n) is 10.3. The van der Waals surface area contributed by atoms with Gasteiger partial charge in [0.2, 0.25) is 5.91 Å². The van der Waals surface area contributed by atoms with E-state index in [9.17, 15) is 14.4 Å². The molecule has 33 heavy (non-hydrogen) atoms. The largest absolute Gasteiger partial charge is 0.494 e. The zero-order valence-electron chi connectivity index (χ0n) is 18.0. The first-order chi connectivity index (χ1) is 16.0. The number of benzene rings is 2. The number of hydrogen-bond donors (Lipinski definition) is 3. The van der Waals surface area contributed by atoms with E-state index >= 15 is 0 Å². The molecule has 9 heteroatoms. The minimum atomic E-state index is -0.771. The Morgan fingerprint density at radius 3 is 2.36 bits per heavy atom. The van der Waals surface area contributed by atoms with Gasteiger partial charge in [-0.2, -0.15) is 0 Å². The molecule has 0 aliphatic carbocycles. The fourth-order valence-corrected chi connectivity index (χ4v) is 2.83. The molecule has 0 saturated heterocycles. The highest BCUT2D eigenvalue weighted by Gasteiger charge is 2.20. The van der Waals surface area contributed by atoms with E-state index in [4.69, 9.17) is 15.2 Å². The van der Waals surface area contributed by atoms with E-state index in [0.29, 0.717) is 18.0 Å². The number of amides is 3. The van der Waals surface area contributed by atoms with Crippen molar-refractivity contribution < 1.29 is 23.9 Å². The summed E-state index contributed by atoms with van der Waals surface area (Å²) in [4.78, 5) is 40.8. The van der Waals surface area contributed by atoms with Gasteiger partial charge in [0.15, 0.2) is 11.4 Å². The minimum Gasteiger partial charge on any atom is -0.494 e. The van der Waals surface area contributed by atoms with E-state index in [-0.39, 0.29) is 30.2 Å². The maximum absolute atomic E-state index is 12.7. The summed E-state index contributed by atoms with van der Waals surface area (Å²) in [6.07, 6.45) is 1.24. The van der Waals surface area contributed by atoms with Crippen LogP contribution in [0.5, 0.6) is 11.5 Å². The molecule has 0 radical (unpaired) electrons. The van der Waals surface area contributed by atoms with Crippen molar-refractivity contribution in [3.05, 3.63) is 83.7 Å². The molecule has 0 spiro atoms. The summed E-state index contributed by atoms with van der Waals surface area (Å²) in [5, 5.41) is 4.89. The maximum Gasteiger partial charge on any atom is 0.280 e. The fourth-order valence-electron chi connectivity index (χ4n) is 2.83. The quantitative estimate of drug-likeness (QED) is 0.458. The smallest absolute Gasteiger partial charge is 0.280 e. The van der Waals surface area contributed by atoms with Crippen LogP contribution < -0.4 is 25.8 Å².